The molecule has 6 heteroatoms. The zero-order chi connectivity index (χ0) is 20.1. The summed E-state index contributed by atoms with van der Waals surface area (Å²) in [4.78, 5) is 15.1. The van der Waals surface area contributed by atoms with Crippen LogP contribution in [0.4, 0.5) is 0 Å². The monoisotopic (exact) mass is 391 g/mol. The first-order chi connectivity index (χ1) is 14.2. The van der Waals surface area contributed by atoms with E-state index in [-0.39, 0.29) is 17.6 Å². The predicted molar refractivity (Wildman–Crippen MR) is 111 cm³/mol. The summed E-state index contributed by atoms with van der Waals surface area (Å²) in [5.41, 5.74) is 2.30. The number of hydrogen-bond donors (Lipinski definition) is 1. The molecule has 0 aliphatic carbocycles. The Hall–Kier alpha value is -3.12. The van der Waals surface area contributed by atoms with Gasteiger partial charge < -0.3 is 14.6 Å². The predicted octanol–water partition coefficient (Wildman–Crippen LogP) is 3.92. The van der Waals surface area contributed by atoms with Gasteiger partial charge in [0.1, 0.15) is 5.75 Å². The molecular weight excluding hydrogens is 366 g/mol. The lowest BCUT2D eigenvalue weighted by atomic mass is 10.1. The van der Waals surface area contributed by atoms with Crippen LogP contribution in [0.2, 0.25) is 0 Å². The van der Waals surface area contributed by atoms with Crippen molar-refractivity contribution in [3.63, 3.8) is 0 Å². The fourth-order valence-electron chi connectivity index (χ4n) is 3.76. The topological polar surface area (TPSA) is 67.6 Å². The Morgan fingerprint density at radius 2 is 1.93 bits per heavy atom. The highest BCUT2D eigenvalue weighted by Gasteiger charge is 2.24. The number of carbonyl (C=O) groups is 1. The molecule has 1 aliphatic rings. The third-order valence-corrected chi connectivity index (χ3v) is 5.32. The van der Waals surface area contributed by atoms with E-state index in [4.69, 9.17) is 9.26 Å². The summed E-state index contributed by atoms with van der Waals surface area (Å²) >= 11 is 0. The SMILES string of the molecule is COc1cccc(-c2cc(C(=O)NCC(c3ccccc3)N3CCCC3)no2)c1. The summed E-state index contributed by atoms with van der Waals surface area (Å²) in [6.07, 6.45) is 2.40. The Labute approximate surface area is 170 Å². The normalized spacial score (nSPS) is 15.2. The number of likely N-dealkylation sites (tertiary alicyclic amines) is 1. The zero-order valence-electron chi connectivity index (χ0n) is 16.5. The fraction of sp³-hybridized carbons (Fsp3) is 0.304. The third kappa shape index (κ3) is 4.49. The van der Waals surface area contributed by atoms with Gasteiger partial charge in [-0.1, -0.05) is 47.6 Å². The lowest BCUT2D eigenvalue weighted by Gasteiger charge is -2.28. The Balaban J connectivity index is 1.45. The van der Waals surface area contributed by atoms with E-state index < -0.39 is 0 Å². The van der Waals surface area contributed by atoms with Crippen molar-refractivity contribution in [1.82, 2.24) is 15.4 Å². The van der Waals surface area contributed by atoms with Gasteiger partial charge in [0, 0.05) is 18.2 Å². The summed E-state index contributed by atoms with van der Waals surface area (Å²) in [6.45, 7) is 2.64. The van der Waals surface area contributed by atoms with Gasteiger partial charge in [0.05, 0.1) is 13.2 Å². The molecule has 1 fully saturated rings. The zero-order valence-corrected chi connectivity index (χ0v) is 16.5. The summed E-state index contributed by atoms with van der Waals surface area (Å²) in [5, 5.41) is 6.99. The van der Waals surface area contributed by atoms with Gasteiger partial charge in [-0.05, 0) is 43.6 Å². The van der Waals surface area contributed by atoms with Crippen LogP contribution in [-0.2, 0) is 0 Å². The third-order valence-electron chi connectivity index (χ3n) is 5.32. The van der Waals surface area contributed by atoms with Gasteiger partial charge in [-0.25, -0.2) is 0 Å². The average Bonchev–Trinajstić information content (AvgIpc) is 3.47. The molecule has 0 saturated carbocycles. The van der Waals surface area contributed by atoms with Crippen molar-refractivity contribution in [2.75, 3.05) is 26.7 Å². The summed E-state index contributed by atoms with van der Waals surface area (Å²) in [5.74, 6) is 1.03. The summed E-state index contributed by atoms with van der Waals surface area (Å²) in [7, 11) is 1.61. The van der Waals surface area contributed by atoms with Crippen molar-refractivity contribution in [2.45, 2.75) is 18.9 Å². The molecule has 150 valence electrons. The highest BCUT2D eigenvalue weighted by molar-refractivity contribution is 5.93. The molecule has 1 N–H and O–H groups in total. The summed E-state index contributed by atoms with van der Waals surface area (Å²) in [6, 6.07) is 19.6. The first-order valence-corrected chi connectivity index (χ1v) is 9.93. The lowest BCUT2D eigenvalue weighted by Crippen LogP contribution is -2.36. The van der Waals surface area contributed by atoms with E-state index in [0.717, 1.165) is 24.4 Å². The maximum Gasteiger partial charge on any atom is 0.273 e. The van der Waals surface area contributed by atoms with Crippen molar-refractivity contribution in [3.05, 3.63) is 71.9 Å². The van der Waals surface area contributed by atoms with Crippen molar-refractivity contribution in [3.8, 4) is 17.1 Å². The van der Waals surface area contributed by atoms with Crippen LogP contribution in [0, 0.1) is 0 Å². The minimum atomic E-state index is -0.233. The van der Waals surface area contributed by atoms with E-state index in [1.54, 1.807) is 13.2 Å². The van der Waals surface area contributed by atoms with E-state index in [1.165, 1.54) is 18.4 Å². The number of methoxy groups -OCH3 is 1. The standard InChI is InChI=1S/C23H25N3O3/c1-28-19-11-7-10-18(14-19)22-15-20(25-29-22)23(27)24-16-21(26-12-5-6-13-26)17-8-3-2-4-9-17/h2-4,7-11,14-15,21H,5-6,12-13,16H2,1H3,(H,24,27). The molecule has 0 bridgehead atoms. The lowest BCUT2D eigenvalue weighted by molar-refractivity contribution is 0.0929. The molecule has 1 unspecified atom stereocenters. The molecule has 4 rings (SSSR count). The number of ether oxygens (including phenoxy) is 1. The fourth-order valence-corrected chi connectivity index (χ4v) is 3.76. The van der Waals surface area contributed by atoms with Crippen molar-refractivity contribution < 1.29 is 14.1 Å². The highest BCUT2D eigenvalue weighted by atomic mass is 16.5. The second kappa shape index (κ2) is 8.92. The maximum absolute atomic E-state index is 12.7. The average molecular weight is 391 g/mol. The quantitative estimate of drug-likeness (QED) is 0.661. The molecule has 0 radical (unpaired) electrons. The number of nitrogens with one attached hydrogen (secondary N) is 1. The molecule has 6 nitrogen and oxygen atoms in total. The van der Waals surface area contributed by atoms with Gasteiger partial charge in [-0.3, -0.25) is 9.69 Å². The second-order valence-corrected chi connectivity index (χ2v) is 7.19. The van der Waals surface area contributed by atoms with Gasteiger partial charge in [-0.15, -0.1) is 0 Å². The number of amides is 1. The van der Waals surface area contributed by atoms with Crippen LogP contribution >= 0.6 is 0 Å². The molecule has 1 saturated heterocycles. The molecule has 3 aromatic rings. The van der Waals surface area contributed by atoms with Crippen LogP contribution in [0.1, 0.15) is 34.9 Å². The Morgan fingerprint density at radius 1 is 1.14 bits per heavy atom. The van der Waals surface area contributed by atoms with Crippen LogP contribution in [0.3, 0.4) is 0 Å². The Morgan fingerprint density at radius 3 is 2.69 bits per heavy atom. The number of carbonyl (C=O) groups excluding carboxylic acids is 1. The van der Waals surface area contributed by atoms with Gasteiger partial charge in [-0.2, -0.15) is 0 Å². The van der Waals surface area contributed by atoms with Crippen LogP contribution in [0.25, 0.3) is 11.3 Å². The molecule has 1 atom stereocenters. The van der Waals surface area contributed by atoms with Gasteiger partial charge in [0.2, 0.25) is 0 Å². The van der Waals surface area contributed by atoms with E-state index in [0.29, 0.717) is 12.3 Å². The smallest absolute Gasteiger partial charge is 0.273 e. The van der Waals surface area contributed by atoms with Crippen molar-refractivity contribution in [1.29, 1.82) is 0 Å². The van der Waals surface area contributed by atoms with Crippen LogP contribution < -0.4 is 10.1 Å². The number of hydrogen-bond acceptors (Lipinski definition) is 5. The van der Waals surface area contributed by atoms with Gasteiger partial charge >= 0.3 is 0 Å². The number of nitrogens with zero attached hydrogens (tertiary/aromatic N) is 2. The minimum Gasteiger partial charge on any atom is -0.497 e. The Kier molecular flexibility index (Phi) is 5.91. The van der Waals surface area contributed by atoms with E-state index in [9.17, 15) is 4.79 Å². The maximum atomic E-state index is 12.7. The van der Waals surface area contributed by atoms with Gasteiger partial charge in [0.15, 0.2) is 11.5 Å². The van der Waals surface area contributed by atoms with E-state index in [1.807, 2.05) is 42.5 Å². The van der Waals surface area contributed by atoms with Crippen LogP contribution in [0.15, 0.2) is 65.2 Å². The van der Waals surface area contributed by atoms with Crippen molar-refractivity contribution >= 4 is 5.91 Å². The molecule has 1 amide bonds. The highest BCUT2D eigenvalue weighted by Crippen LogP contribution is 2.26. The molecule has 0 spiro atoms. The molecule has 2 aromatic carbocycles. The molecule has 29 heavy (non-hydrogen) atoms. The minimum absolute atomic E-state index is 0.160. The summed E-state index contributed by atoms with van der Waals surface area (Å²) < 4.78 is 10.6. The first kappa shape index (κ1) is 19.2. The largest absolute Gasteiger partial charge is 0.497 e. The van der Waals surface area contributed by atoms with E-state index >= 15 is 0 Å². The molecular formula is C23H25N3O3. The Bertz CT molecular complexity index is 949. The van der Waals surface area contributed by atoms with Crippen molar-refractivity contribution in [2.24, 2.45) is 0 Å². The second-order valence-electron chi connectivity index (χ2n) is 7.19. The number of rotatable bonds is 7. The van der Waals surface area contributed by atoms with E-state index in [2.05, 4.69) is 27.5 Å². The van der Waals surface area contributed by atoms with Crippen LogP contribution in [0.5, 0.6) is 5.75 Å². The number of aromatic nitrogens is 1. The van der Waals surface area contributed by atoms with Gasteiger partial charge in [0.25, 0.3) is 5.91 Å². The molecule has 1 aromatic heterocycles. The van der Waals surface area contributed by atoms with Crippen LogP contribution in [-0.4, -0.2) is 42.7 Å². The number of benzene rings is 2. The molecule has 1 aliphatic heterocycles. The molecule has 2 heterocycles. The first-order valence-electron chi connectivity index (χ1n) is 9.93.